The number of aliphatic hydroxyl groups is 2. The van der Waals surface area contributed by atoms with E-state index in [9.17, 15) is 0 Å². The van der Waals surface area contributed by atoms with E-state index in [1.807, 2.05) is 26.0 Å². The molecule has 1 fully saturated rings. The second-order valence-corrected chi connectivity index (χ2v) is 4.60. The summed E-state index contributed by atoms with van der Waals surface area (Å²) in [5.41, 5.74) is 2.90. The molecular formula is C14H25ClN2O3. The topological polar surface area (TPSA) is 76.3 Å². The molecule has 0 heterocycles. The highest BCUT2D eigenvalue weighted by Gasteiger charge is 2.29. The van der Waals surface area contributed by atoms with Crippen LogP contribution in [0.2, 0.25) is 0 Å². The number of hydrogen-bond donors (Lipinski definition) is 3. The summed E-state index contributed by atoms with van der Waals surface area (Å²) in [5.74, 6) is 0. The van der Waals surface area contributed by atoms with Crippen LogP contribution in [0.5, 0.6) is 0 Å². The molecule has 0 aliphatic heterocycles. The fraction of sp³-hybridized carbons (Fsp3) is 0.643. The van der Waals surface area contributed by atoms with Gasteiger partial charge in [-0.2, -0.15) is 0 Å². The Labute approximate surface area is 126 Å². The van der Waals surface area contributed by atoms with Crippen molar-refractivity contribution in [3.63, 3.8) is 0 Å². The van der Waals surface area contributed by atoms with Gasteiger partial charge in [0.1, 0.15) is 0 Å². The molecule has 6 heteroatoms. The first-order valence-corrected chi connectivity index (χ1v) is 6.69. The summed E-state index contributed by atoms with van der Waals surface area (Å²) in [5, 5.41) is 30.7. The first-order chi connectivity index (χ1) is 9.21. The van der Waals surface area contributed by atoms with Gasteiger partial charge in [-0.3, -0.25) is 4.90 Å². The number of nitrogens with zero attached hydrogens (tertiary/aromatic N) is 2. The lowest BCUT2D eigenvalue weighted by atomic mass is 9.83. The molecule has 116 valence electrons. The lowest BCUT2D eigenvalue weighted by Crippen LogP contribution is -2.43. The maximum atomic E-state index is 9.15. The summed E-state index contributed by atoms with van der Waals surface area (Å²) >= 11 is 0. The van der Waals surface area contributed by atoms with Gasteiger partial charge >= 0.3 is 0 Å². The van der Waals surface area contributed by atoms with Crippen molar-refractivity contribution in [2.24, 2.45) is 5.16 Å². The summed E-state index contributed by atoms with van der Waals surface area (Å²) in [6.07, 6.45) is 5.36. The van der Waals surface area contributed by atoms with Gasteiger partial charge in [0.25, 0.3) is 0 Å². The Morgan fingerprint density at radius 1 is 1.20 bits per heavy atom. The van der Waals surface area contributed by atoms with Crippen LogP contribution in [0.1, 0.15) is 26.7 Å². The fourth-order valence-corrected chi connectivity index (χ4v) is 2.60. The summed E-state index contributed by atoms with van der Waals surface area (Å²) in [7, 11) is 0. The summed E-state index contributed by atoms with van der Waals surface area (Å²) < 4.78 is 0. The molecule has 0 amide bonds. The molecule has 1 rings (SSSR count). The zero-order valence-corrected chi connectivity index (χ0v) is 12.9. The lowest BCUT2D eigenvalue weighted by molar-refractivity contribution is 0.133. The molecule has 20 heavy (non-hydrogen) atoms. The monoisotopic (exact) mass is 304 g/mol. The molecule has 1 aliphatic rings. The third-order valence-corrected chi connectivity index (χ3v) is 3.64. The molecule has 0 aromatic carbocycles. The van der Waals surface area contributed by atoms with Crippen molar-refractivity contribution in [1.29, 1.82) is 0 Å². The van der Waals surface area contributed by atoms with E-state index in [2.05, 4.69) is 10.1 Å². The molecule has 0 aromatic rings. The number of rotatable bonds is 5. The van der Waals surface area contributed by atoms with Crippen molar-refractivity contribution >= 4 is 18.1 Å². The van der Waals surface area contributed by atoms with Crippen LogP contribution in [0, 0.1) is 0 Å². The van der Waals surface area contributed by atoms with Crippen LogP contribution in [0.3, 0.4) is 0 Å². The number of oxime groups is 1. The molecule has 1 aliphatic carbocycles. The van der Waals surface area contributed by atoms with E-state index in [4.69, 9.17) is 15.4 Å². The normalized spacial score (nSPS) is 25.4. The predicted octanol–water partition coefficient (Wildman–Crippen LogP) is 1.58. The minimum atomic E-state index is 0. The summed E-state index contributed by atoms with van der Waals surface area (Å²) in [6.45, 7) is 5.10. The molecule has 1 unspecified atom stereocenters. The van der Waals surface area contributed by atoms with E-state index in [-0.39, 0.29) is 31.7 Å². The fourth-order valence-electron chi connectivity index (χ4n) is 2.60. The van der Waals surface area contributed by atoms with Gasteiger partial charge in [-0.15, -0.1) is 12.4 Å². The van der Waals surface area contributed by atoms with Gasteiger partial charge in [0.05, 0.1) is 18.9 Å². The first-order valence-electron chi connectivity index (χ1n) is 6.69. The third-order valence-electron chi connectivity index (χ3n) is 3.64. The molecule has 1 saturated carbocycles. The van der Waals surface area contributed by atoms with Crippen LogP contribution < -0.4 is 0 Å². The summed E-state index contributed by atoms with van der Waals surface area (Å²) in [4.78, 5) is 2.08. The minimum Gasteiger partial charge on any atom is -0.411 e. The lowest BCUT2D eigenvalue weighted by Gasteiger charge is -2.37. The number of allylic oxidation sites excluding steroid dienone is 2. The minimum absolute atomic E-state index is 0. The van der Waals surface area contributed by atoms with Crippen LogP contribution in [-0.4, -0.2) is 58.4 Å². The van der Waals surface area contributed by atoms with E-state index in [0.29, 0.717) is 25.2 Å². The maximum Gasteiger partial charge on any atom is 0.0865 e. The van der Waals surface area contributed by atoms with E-state index in [0.717, 1.165) is 12.0 Å². The quantitative estimate of drug-likeness (QED) is 0.409. The van der Waals surface area contributed by atoms with Crippen LogP contribution in [0.25, 0.3) is 0 Å². The standard InChI is InChI=1S/C14H24N2O3.ClH/c1-3-11-10-14(16(5-7-17)6-8-18)12(4-2)9-13(11)15-19;/h3-4,14,17-19H,5-10H2,1-2H3;1H. The van der Waals surface area contributed by atoms with Gasteiger partial charge in [0, 0.05) is 25.6 Å². The Balaban J connectivity index is 0.00000361. The van der Waals surface area contributed by atoms with Crippen molar-refractivity contribution in [1.82, 2.24) is 4.90 Å². The highest BCUT2D eigenvalue weighted by atomic mass is 35.5. The van der Waals surface area contributed by atoms with E-state index in [1.165, 1.54) is 5.57 Å². The number of hydrogen-bond acceptors (Lipinski definition) is 5. The van der Waals surface area contributed by atoms with Gasteiger partial charge in [-0.25, -0.2) is 0 Å². The molecule has 0 bridgehead atoms. The smallest absolute Gasteiger partial charge is 0.0865 e. The molecule has 5 nitrogen and oxygen atoms in total. The Morgan fingerprint density at radius 3 is 2.20 bits per heavy atom. The van der Waals surface area contributed by atoms with Crippen molar-refractivity contribution in [3.8, 4) is 0 Å². The van der Waals surface area contributed by atoms with Crippen molar-refractivity contribution in [2.75, 3.05) is 26.3 Å². The van der Waals surface area contributed by atoms with Gasteiger partial charge in [0.2, 0.25) is 0 Å². The SMILES string of the molecule is CC=C1CC(N(CCO)CCO)C(=CC)CC1=NO.Cl. The summed E-state index contributed by atoms with van der Waals surface area (Å²) in [6, 6.07) is 0.154. The Bertz CT molecular complexity index is 375. The van der Waals surface area contributed by atoms with Crippen LogP contribution in [0.15, 0.2) is 28.5 Å². The van der Waals surface area contributed by atoms with Crippen LogP contribution in [0.4, 0.5) is 0 Å². The van der Waals surface area contributed by atoms with Gasteiger partial charge in [-0.1, -0.05) is 22.9 Å². The zero-order valence-electron chi connectivity index (χ0n) is 12.1. The average molecular weight is 305 g/mol. The highest BCUT2D eigenvalue weighted by molar-refractivity contribution is 6.02. The van der Waals surface area contributed by atoms with Gasteiger partial charge < -0.3 is 15.4 Å². The average Bonchev–Trinajstić information content (AvgIpc) is 2.45. The molecule has 0 radical (unpaired) electrons. The molecule has 0 aromatic heterocycles. The highest BCUT2D eigenvalue weighted by Crippen LogP contribution is 2.30. The van der Waals surface area contributed by atoms with Gasteiger partial charge in [0.15, 0.2) is 0 Å². The molecular weight excluding hydrogens is 280 g/mol. The third kappa shape index (κ3) is 4.59. The maximum absolute atomic E-state index is 9.15. The predicted molar refractivity (Wildman–Crippen MR) is 82.8 cm³/mol. The molecule has 0 saturated heterocycles. The Hall–Kier alpha value is -0.880. The second kappa shape index (κ2) is 9.94. The largest absolute Gasteiger partial charge is 0.411 e. The first kappa shape index (κ1) is 19.1. The molecule has 0 spiro atoms. The van der Waals surface area contributed by atoms with Crippen molar-refractivity contribution < 1.29 is 15.4 Å². The number of aliphatic hydroxyl groups excluding tert-OH is 2. The zero-order chi connectivity index (χ0) is 14.3. The molecule has 1 atom stereocenters. The van der Waals surface area contributed by atoms with E-state index < -0.39 is 0 Å². The second-order valence-electron chi connectivity index (χ2n) is 4.60. The van der Waals surface area contributed by atoms with Crippen molar-refractivity contribution in [2.45, 2.75) is 32.7 Å². The molecule has 3 N–H and O–H groups in total. The Kier molecular flexibility index (Phi) is 9.50. The van der Waals surface area contributed by atoms with Crippen LogP contribution >= 0.6 is 12.4 Å². The van der Waals surface area contributed by atoms with Crippen molar-refractivity contribution in [3.05, 3.63) is 23.3 Å². The van der Waals surface area contributed by atoms with E-state index in [1.54, 1.807) is 0 Å². The van der Waals surface area contributed by atoms with E-state index >= 15 is 0 Å². The van der Waals surface area contributed by atoms with Gasteiger partial charge in [-0.05, 0) is 25.8 Å². The van der Waals surface area contributed by atoms with Crippen LogP contribution in [-0.2, 0) is 0 Å². The Morgan fingerprint density at radius 2 is 1.80 bits per heavy atom. The number of halogens is 1.